The largest absolute Gasteiger partial charge is 0.369 e. The number of ether oxygens (including phenoxy) is 1. The van der Waals surface area contributed by atoms with Crippen molar-refractivity contribution in [2.75, 3.05) is 6.61 Å². The highest BCUT2D eigenvalue weighted by Gasteiger charge is 2.11. The molecular formula is C13H10BrClO2S. The number of thiophene rings is 1. The Bertz CT molecular complexity index is 553. The Labute approximate surface area is 123 Å². The molecule has 0 bridgehead atoms. The lowest BCUT2D eigenvalue weighted by molar-refractivity contribution is 0.0730. The maximum Gasteiger partial charge on any atom is 0.199 e. The van der Waals surface area contributed by atoms with E-state index < -0.39 is 0 Å². The van der Waals surface area contributed by atoms with Crippen LogP contribution in [0.15, 0.2) is 40.2 Å². The van der Waals surface area contributed by atoms with E-state index in [1.807, 2.05) is 29.6 Å². The van der Waals surface area contributed by atoms with E-state index >= 15 is 0 Å². The van der Waals surface area contributed by atoms with E-state index in [1.54, 1.807) is 6.07 Å². The third-order valence-electron chi connectivity index (χ3n) is 2.32. The van der Waals surface area contributed by atoms with Gasteiger partial charge in [-0.15, -0.1) is 11.3 Å². The smallest absolute Gasteiger partial charge is 0.199 e. The van der Waals surface area contributed by atoms with Gasteiger partial charge in [-0.1, -0.05) is 29.8 Å². The number of rotatable bonds is 5. The third-order valence-corrected chi connectivity index (χ3v) is 4.57. The number of carbonyl (C=O) groups is 1. The molecule has 0 atom stereocenters. The van der Waals surface area contributed by atoms with Gasteiger partial charge in [0.15, 0.2) is 5.78 Å². The van der Waals surface area contributed by atoms with E-state index in [1.165, 1.54) is 11.3 Å². The molecule has 1 heterocycles. The summed E-state index contributed by atoms with van der Waals surface area (Å²) in [4.78, 5) is 12.5. The summed E-state index contributed by atoms with van der Waals surface area (Å²) >= 11 is 10.7. The topological polar surface area (TPSA) is 26.3 Å². The van der Waals surface area contributed by atoms with E-state index in [-0.39, 0.29) is 12.4 Å². The summed E-state index contributed by atoms with van der Waals surface area (Å²) in [5.74, 6) is -0.0241. The molecule has 1 aromatic heterocycles. The normalized spacial score (nSPS) is 10.6. The van der Waals surface area contributed by atoms with Crippen molar-refractivity contribution in [2.45, 2.75) is 6.61 Å². The van der Waals surface area contributed by atoms with Crippen molar-refractivity contribution in [3.8, 4) is 0 Å². The maximum atomic E-state index is 11.8. The van der Waals surface area contributed by atoms with Crippen LogP contribution < -0.4 is 0 Å². The molecule has 0 amide bonds. The van der Waals surface area contributed by atoms with Crippen LogP contribution >= 0.6 is 38.9 Å². The van der Waals surface area contributed by atoms with Crippen molar-refractivity contribution in [3.05, 3.63) is 55.6 Å². The van der Waals surface area contributed by atoms with Crippen molar-refractivity contribution in [2.24, 2.45) is 0 Å². The van der Waals surface area contributed by atoms with Gasteiger partial charge >= 0.3 is 0 Å². The lowest BCUT2D eigenvalue weighted by Gasteiger charge is -2.05. The zero-order chi connectivity index (χ0) is 13.0. The first-order valence-corrected chi connectivity index (χ1v) is 7.31. The molecule has 0 saturated heterocycles. The van der Waals surface area contributed by atoms with Gasteiger partial charge in [0.25, 0.3) is 0 Å². The molecule has 2 nitrogen and oxygen atoms in total. The van der Waals surface area contributed by atoms with Gasteiger partial charge in [0.1, 0.15) is 6.61 Å². The van der Waals surface area contributed by atoms with Crippen LogP contribution in [0, 0.1) is 0 Å². The Morgan fingerprint density at radius 1 is 1.33 bits per heavy atom. The highest BCUT2D eigenvalue weighted by Crippen LogP contribution is 2.23. The molecule has 0 saturated carbocycles. The Balaban J connectivity index is 1.88. The Morgan fingerprint density at radius 2 is 2.11 bits per heavy atom. The summed E-state index contributed by atoms with van der Waals surface area (Å²) in [5.41, 5.74) is 0.886. The first-order valence-electron chi connectivity index (χ1n) is 5.26. The van der Waals surface area contributed by atoms with Gasteiger partial charge in [-0.3, -0.25) is 4.79 Å². The molecule has 18 heavy (non-hydrogen) atoms. The number of benzene rings is 1. The lowest BCUT2D eigenvalue weighted by Crippen LogP contribution is -2.08. The van der Waals surface area contributed by atoms with E-state index in [2.05, 4.69) is 15.9 Å². The Morgan fingerprint density at radius 3 is 2.78 bits per heavy atom. The van der Waals surface area contributed by atoms with Crippen molar-refractivity contribution >= 4 is 44.7 Å². The second-order valence-corrected chi connectivity index (χ2v) is 5.78. The van der Waals surface area contributed by atoms with Crippen LogP contribution in [0.4, 0.5) is 0 Å². The van der Waals surface area contributed by atoms with Crippen LogP contribution in [0.5, 0.6) is 0 Å². The average Bonchev–Trinajstić information content (AvgIpc) is 2.78. The summed E-state index contributed by atoms with van der Waals surface area (Å²) in [6, 6.07) is 9.29. The predicted octanol–water partition coefficient (Wildman–Crippen LogP) is 4.56. The zero-order valence-electron chi connectivity index (χ0n) is 9.36. The van der Waals surface area contributed by atoms with Gasteiger partial charge in [-0.05, 0) is 39.0 Å². The minimum Gasteiger partial charge on any atom is -0.369 e. The van der Waals surface area contributed by atoms with Crippen molar-refractivity contribution < 1.29 is 9.53 Å². The van der Waals surface area contributed by atoms with Gasteiger partial charge < -0.3 is 4.74 Å². The van der Waals surface area contributed by atoms with Gasteiger partial charge in [-0.2, -0.15) is 0 Å². The second kappa shape index (κ2) is 6.48. The molecular weight excluding hydrogens is 336 g/mol. The van der Waals surface area contributed by atoms with Crippen molar-refractivity contribution in [3.63, 3.8) is 0 Å². The zero-order valence-corrected chi connectivity index (χ0v) is 12.5. The molecule has 5 heteroatoms. The summed E-state index contributed by atoms with van der Waals surface area (Å²) in [5, 5.41) is 2.52. The summed E-state index contributed by atoms with van der Waals surface area (Å²) in [6.07, 6.45) is 0. The van der Waals surface area contributed by atoms with Gasteiger partial charge in [0.05, 0.1) is 11.5 Å². The molecule has 0 unspecified atom stereocenters. The SMILES string of the molecule is O=C(COCc1ccccc1Cl)c1sccc1Br. The van der Waals surface area contributed by atoms with E-state index in [4.69, 9.17) is 16.3 Å². The van der Waals surface area contributed by atoms with E-state index in [0.29, 0.717) is 16.5 Å². The standard InChI is InChI=1S/C13H10BrClO2S/c14-10-5-6-18-13(10)12(16)8-17-7-9-3-1-2-4-11(9)15/h1-6H,7-8H2. The fourth-order valence-corrected chi connectivity index (χ4v) is 3.14. The molecule has 0 N–H and O–H groups in total. The fraction of sp³-hybridized carbons (Fsp3) is 0.154. The van der Waals surface area contributed by atoms with E-state index in [9.17, 15) is 4.79 Å². The first-order chi connectivity index (χ1) is 8.68. The molecule has 0 spiro atoms. The van der Waals surface area contributed by atoms with Crippen LogP contribution in [0.2, 0.25) is 5.02 Å². The minimum atomic E-state index is -0.0241. The van der Waals surface area contributed by atoms with Crippen molar-refractivity contribution in [1.82, 2.24) is 0 Å². The molecule has 2 aromatic rings. The number of carbonyl (C=O) groups excluding carboxylic acids is 1. The van der Waals surface area contributed by atoms with Crippen LogP contribution in [0.1, 0.15) is 15.2 Å². The quantitative estimate of drug-likeness (QED) is 0.742. The highest BCUT2D eigenvalue weighted by molar-refractivity contribution is 9.10. The lowest BCUT2D eigenvalue weighted by atomic mass is 10.2. The molecule has 0 aliphatic carbocycles. The van der Waals surface area contributed by atoms with Crippen molar-refractivity contribution in [1.29, 1.82) is 0 Å². The number of halogens is 2. The third kappa shape index (κ3) is 3.42. The average molecular weight is 346 g/mol. The number of Topliss-reactive ketones (excluding diaryl/α,β-unsaturated/α-hetero) is 1. The predicted molar refractivity (Wildman–Crippen MR) is 77.5 cm³/mol. The summed E-state index contributed by atoms with van der Waals surface area (Å²) < 4.78 is 6.21. The molecule has 0 aliphatic rings. The second-order valence-electron chi connectivity index (χ2n) is 3.61. The monoisotopic (exact) mass is 344 g/mol. The van der Waals surface area contributed by atoms with Gasteiger partial charge in [0, 0.05) is 9.50 Å². The first kappa shape index (κ1) is 13.7. The Hall–Kier alpha value is -0.680. The fourth-order valence-electron chi connectivity index (χ4n) is 1.43. The molecule has 0 fully saturated rings. The molecule has 0 radical (unpaired) electrons. The van der Waals surface area contributed by atoms with Crippen LogP contribution in [-0.2, 0) is 11.3 Å². The maximum absolute atomic E-state index is 11.8. The van der Waals surface area contributed by atoms with Crippen LogP contribution in [-0.4, -0.2) is 12.4 Å². The summed E-state index contributed by atoms with van der Waals surface area (Å²) in [7, 11) is 0. The van der Waals surface area contributed by atoms with Gasteiger partial charge in [0.2, 0.25) is 0 Å². The van der Waals surface area contributed by atoms with Crippen LogP contribution in [0.25, 0.3) is 0 Å². The number of hydrogen-bond donors (Lipinski definition) is 0. The number of hydrogen-bond acceptors (Lipinski definition) is 3. The highest BCUT2D eigenvalue weighted by atomic mass is 79.9. The minimum absolute atomic E-state index is 0.0241. The van der Waals surface area contributed by atoms with Crippen LogP contribution in [0.3, 0.4) is 0 Å². The number of ketones is 1. The van der Waals surface area contributed by atoms with E-state index in [0.717, 1.165) is 10.0 Å². The van der Waals surface area contributed by atoms with Gasteiger partial charge in [-0.25, -0.2) is 0 Å². The Kier molecular flexibility index (Phi) is 4.95. The molecule has 2 rings (SSSR count). The molecule has 0 aliphatic heterocycles. The molecule has 94 valence electrons. The molecule has 1 aromatic carbocycles. The summed E-state index contributed by atoms with van der Waals surface area (Å²) in [6.45, 7) is 0.402.